The van der Waals surface area contributed by atoms with Crippen LogP contribution in [0.5, 0.6) is 0 Å². The fourth-order valence-corrected chi connectivity index (χ4v) is 4.26. The molecule has 0 bridgehead atoms. The van der Waals surface area contributed by atoms with E-state index in [0.717, 1.165) is 55.3 Å². The lowest BCUT2D eigenvalue weighted by Gasteiger charge is -2.21. The van der Waals surface area contributed by atoms with Crippen LogP contribution in [0.1, 0.15) is 37.7 Å². The summed E-state index contributed by atoms with van der Waals surface area (Å²) in [7, 11) is 1.77. The number of rotatable bonds is 5. The monoisotopic (exact) mass is 395 g/mol. The molecule has 0 radical (unpaired) electrons. The van der Waals surface area contributed by atoms with Crippen molar-refractivity contribution in [3.63, 3.8) is 0 Å². The maximum Gasteiger partial charge on any atom is 0.225 e. The second kappa shape index (κ2) is 9.07. The highest BCUT2D eigenvalue weighted by Crippen LogP contribution is 2.27. The minimum atomic E-state index is 0.243. The van der Waals surface area contributed by atoms with Crippen molar-refractivity contribution in [3.8, 4) is 11.4 Å². The summed E-state index contributed by atoms with van der Waals surface area (Å²) in [6, 6.07) is 8.41. The molecule has 2 fully saturated rings. The first kappa shape index (κ1) is 19.4. The molecule has 3 N–H and O–H groups in total. The molecule has 29 heavy (non-hydrogen) atoms. The van der Waals surface area contributed by atoms with Crippen LogP contribution in [0, 0.1) is 5.92 Å². The van der Waals surface area contributed by atoms with E-state index in [9.17, 15) is 4.79 Å². The van der Waals surface area contributed by atoms with Crippen molar-refractivity contribution in [1.82, 2.24) is 30.7 Å². The number of carbonyl (C=O) groups excluding carboxylic acids is 1. The fourth-order valence-electron chi connectivity index (χ4n) is 4.26. The Morgan fingerprint density at radius 1 is 1.31 bits per heavy atom. The minimum Gasteiger partial charge on any atom is -0.352 e. The molecule has 8 heteroatoms. The molecule has 1 aliphatic carbocycles. The number of aromatic nitrogens is 3. The third-order valence-corrected chi connectivity index (χ3v) is 5.84. The second-order valence-electron chi connectivity index (χ2n) is 7.86. The molecule has 1 atom stereocenters. The summed E-state index contributed by atoms with van der Waals surface area (Å²) in [6.07, 6.45) is 6.97. The molecule has 8 nitrogen and oxygen atoms in total. The number of carbonyl (C=O) groups is 1. The summed E-state index contributed by atoms with van der Waals surface area (Å²) in [5.74, 6) is 2.12. The average molecular weight is 396 g/mol. The predicted octanol–water partition coefficient (Wildman–Crippen LogP) is 1.93. The Balaban J connectivity index is 1.28. The number of amides is 1. The molecule has 1 aromatic carbocycles. The second-order valence-corrected chi connectivity index (χ2v) is 7.86. The van der Waals surface area contributed by atoms with Crippen LogP contribution in [0.4, 0.5) is 0 Å². The highest BCUT2D eigenvalue weighted by atomic mass is 16.2. The molecule has 154 valence electrons. The molecule has 1 amide bonds. The standard InChI is InChI=1S/C21H29N7O/c1-22-21(23-12-15-5-4-8-17(11-15)19-24-14-25-27-19)26-18-9-10-28(13-18)20(29)16-6-2-3-7-16/h4-5,8,11,14,16,18H,2-3,6-7,9-10,12-13H2,1H3,(H2,22,23,26)(H,24,25,27). The largest absolute Gasteiger partial charge is 0.352 e. The zero-order valence-corrected chi connectivity index (χ0v) is 16.9. The fraction of sp³-hybridized carbons (Fsp3) is 0.524. The number of likely N-dealkylation sites (tertiary alicyclic amines) is 1. The Kier molecular flexibility index (Phi) is 6.07. The number of nitrogens with zero attached hydrogens (tertiary/aromatic N) is 4. The smallest absolute Gasteiger partial charge is 0.225 e. The van der Waals surface area contributed by atoms with Crippen molar-refractivity contribution in [3.05, 3.63) is 36.2 Å². The quantitative estimate of drug-likeness (QED) is 0.531. The number of guanidine groups is 1. The molecule has 2 aliphatic rings. The van der Waals surface area contributed by atoms with Crippen LogP contribution in [-0.2, 0) is 11.3 Å². The Bertz CT molecular complexity index is 842. The number of hydrogen-bond acceptors (Lipinski definition) is 4. The highest BCUT2D eigenvalue weighted by Gasteiger charge is 2.32. The molecule has 1 saturated carbocycles. The summed E-state index contributed by atoms with van der Waals surface area (Å²) >= 11 is 0. The first-order valence-corrected chi connectivity index (χ1v) is 10.4. The van der Waals surface area contributed by atoms with Gasteiger partial charge in [0, 0.05) is 44.2 Å². The topological polar surface area (TPSA) is 98.3 Å². The number of H-pyrrole nitrogens is 1. The van der Waals surface area contributed by atoms with Crippen molar-refractivity contribution in [2.75, 3.05) is 20.1 Å². The molecular formula is C21H29N7O. The van der Waals surface area contributed by atoms with Gasteiger partial charge in [-0.1, -0.05) is 31.0 Å². The van der Waals surface area contributed by atoms with Crippen LogP contribution in [0.2, 0.25) is 0 Å². The van der Waals surface area contributed by atoms with Crippen LogP contribution in [-0.4, -0.2) is 58.1 Å². The highest BCUT2D eigenvalue weighted by molar-refractivity contribution is 5.81. The Hall–Kier alpha value is -2.90. The lowest BCUT2D eigenvalue weighted by molar-refractivity contribution is -0.134. The van der Waals surface area contributed by atoms with Crippen molar-refractivity contribution >= 4 is 11.9 Å². The van der Waals surface area contributed by atoms with Gasteiger partial charge in [-0.25, -0.2) is 4.98 Å². The number of aromatic amines is 1. The van der Waals surface area contributed by atoms with Gasteiger partial charge < -0.3 is 15.5 Å². The van der Waals surface area contributed by atoms with E-state index in [1.54, 1.807) is 7.05 Å². The summed E-state index contributed by atoms with van der Waals surface area (Å²) in [5.41, 5.74) is 2.13. The van der Waals surface area contributed by atoms with E-state index in [-0.39, 0.29) is 12.0 Å². The van der Waals surface area contributed by atoms with Gasteiger partial charge in [-0.3, -0.25) is 14.9 Å². The first-order valence-electron chi connectivity index (χ1n) is 10.4. The van der Waals surface area contributed by atoms with E-state index in [2.05, 4.69) is 42.9 Å². The van der Waals surface area contributed by atoms with Gasteiger partial charge in [0.2, 0.25) is 5.91 Å². The van der Waals surface area contributed by atoms with E-state index in [1.165, 1.54) is 19.2 Å². The summed E-state index contributed by atoms with van der Waals surface area (Å²) < 4.78 is 0. The summed E-state index contributed by atoms with van der Waals surface area (Å²) in [6.45, 7) is 2.25. The summed E-state index contributed by atoms with van der Waals surface area (Å²) in [4.78, 5) is 23.2. The summed E-state index contributed by atoms with van der Waals surface area (Å²) in [5, 5.41) is 13.6. The van der Waals surface area contributed by atoms with Gasteiger partial charge in [-0.15, -0.1) is 0 Å². The molecule has 2 heterocycles. The van der Waals surface area contributed by atoms with E-state index in [1.807, 2.05) is 17.0 Å². The molecule has 1 unspecified atom stereocenters. The minimum absolute atomic E-state index is 0.243. The Morgan fingerprint density at radius 3 is 2.93 bits per heavy atom. The number of hydrogen-bond donors (Lipinski definition) is 3. The SMILES string of the molecule is CN=C(NCc1cccc(-c2ncn[nH]2)c1)NC1CCN(C(=O)C2CCCC2)C1. The maximum atomic E-state index is 12.6. The predicted molar refractivity (Wildman–Crippen MR) is 112 cm³/mol. The maximum absolute atomic E-state index is 12.6. The van der Waals surface area contributed by atoms with Gasteiger partial charge in [-0.2, -0.15) is 5.10 Å². The van der Waals surface area contributed by atoms with Gasteiger partial charge >= 0.3 is 0 Å². The van der Waals surface area contributed by atoms with Crippen LogP contribution in [0.3, 0.4) is 0 Å². The molecule has 2 aromatic rings. The third kappa shape index (κ3) is 4.75. The van der Waals surface area contributed by atoms with Gasteiger partial charge in [-0.05, 0) is 30.9 Å². The van der Waals surface area contributed by atoms with Crippen molar-refractivity contribution < 1.29 is 4.79 Å². The van der Waals surface area contributed by atoms with Gasteiger partial charge in [0.25, 0.3) is 0 Å². The molecule has 1 aromatic heterocycles. The van der Waals surface area contributed by atoms with Gasteiger partial charge in [0.05, 0.1) is 0 Å². The van der Waals surface area contributed by atoms with Crippen molar-refractivity contribution in [2.45, 2.75) is 44.7 Å². The third-order valence-electron chi connectivity index (χ3n) is 5.84. The molecule has 1 saturated heterocycles. The van der Waals surface area contributed by atoms with E-state index >= 15 is 0 Å². The van der Waals surface area contributed by atoms with Crippen LogP contribution in [0.15, 0.2) is 35.6 Å². The zero-order chi connectivity index (χ0) is 20.1. The van der Waals surface area contributed by atoms with Crippen LogP contribution >= 0.6 is 0 Å². The molecule has 0 spiro atoms. The van der Waals surface area contributed by atoms with Gasteiger partial charge in [0.1, 0.15) is 6.33 Å². The van der Waals surface area contributed by atoms with Crippen molar-refractivity contribution in [2.24, 2.45) is 10.9 Å². The Labute approximate surface area is 171 Å². The normalized spacial score (nSPS) is 20.2. The van der Waals surface area contributed by atoms with Crippen LogP contribution < -0.4 is 10.6 Å². The van der Waals surface area contributed by atoms with E-state index in [0.29, 0.717) is 12.5 Å². The van der Waals surface area contributed by atoms with Crippen molar-refractivity contribution in [1.29, 1.82) is 0 Å². The average Bonchev–Trinajstić information content (AvgIpc) is 3.53. The molecule has 4 rings (SSSR count). The van der Waals surface area contributed by atoms with E-state index < -0.39 is 0 Å². The Morgan fingerprint density at radius 2 is 2.17 bits per heavy atom. The molecular weight excluding hydrogens is 366 g/mol. The van der Waals surface area contributed by atoms with Crippen LogP contribution in [0.25, 0.3) is 11.4 Å². The lowest BCUT2D eigenvalue weighted by atomic mass is 10.1. The number of benzene rings is 1. The number of aliphatic imine (C=N–C) groups is 1. The number of nitrogens with one attached hydrogen (secondary N) is 3. The first-order chi connectivity index (χ1) is 14.2. The lowest BCUT2D eigenvalue weighted by Crippen LogP contribution is -2.45. The van der Waals surface area contributed by atoms with E-state index in [4.69, 9.17) is 0 Å². The zero-order valence-electron chi connectivity index (χ0n) is 16.9. The molecule has 1 aliphatic heterocycles. The van der Waals surface area contributed by atoms with Gasteiger partial charge in [0.15, 0.2) is 11.8 Å².